The molecule has 0 bridgehead atoms. The number of fused-ring (bicyclic) bond motifs is 4. The quantitative estimate of drug-likeness (QED) is 0.111. The van der Waals surface area contributed by atoms with Gasteiger partial charge in [-0.1, -0.05) is 169 Å². The van der Waals surface area contributed by atoms with Gasteiger partial charge in [-0.05, 0) is 144 Å². The standard InChI is InChI=1S/C62H50N2/c1-41-13-27-53(28-14-41)63(54-29-15-42(2)16-30-54)61-57-35-25-52(50-24-22-46-10-6-8-12-48(46)38-50)40-60(57)62(64(55-31-17-43(3)18-32-55)56-33-19-44(4)20-34-56)58-36-26-51(39-59(58)61)49-23-21-45-9-5-7-11-47(45)37-49/h5-19,21-40,44H,20H2,1-4H3. The molecule has 0 heterocycles. The van der Waals surface area contributed by atoms with E-state index in [0.29, 0.717) is 5.92 Å². The van der Waals surface area contributed by atoms with Crippen LogP contribution in [0.5, 0.6) is 0 Å². The smallest absolute Gasteiger partial charge is 0.0620 e. The summed E-state index contributed by atoms with van der Waals surface area (Å²) in [5.41, 5.74) is 15.3. The second-order valence-electron chi connectivity index (χ2n) is 17.7. The number of rotatable bonds is 8. The van der Waals surface area contributed by atoms with Gasteiger partial charge in [-0.25, -0.2) is 0 Å². The van der Waals surface area contributed by atoms with Crippen LogP contribution in [0, 0.1) is 26.7 Å². The molecule has 1 unspecified atom stereocenters. The van der Waals surface area contributed by atoms with E-state index in [0.717, 1.165) is 29.2 Å². The molecule has 0 aromatic heterocycles. The normalized spacial score (nSPS) is 13.8. The molecule has 10 aromatic carbocycles. The van der Waals surface area contributed by atoms with Crippen LogP contribution >= 0.6 is 0 Å². The molecule has 2 heteroatoms. The van der Waals surface area contributed by atoms with E-state index in [1.165, 1.54) is 93.4 Å². The van der Waals surface area contributed by atoms with Crippen molar-refractivity contribution in [2.24, 2.45) is 5.92 Å². The Balaban J connectivity index is 1.29. The molecule has 11 rings (SSSR count). The van der Waals surface area contributed by atoms with E-state index in [4.69, 9.17) is 0 Å². The van der Waals surface area contributed by atoms with Gasteiger partial charge >= 0.3 is 0 Å². The summed E-state index contributed by atoms with van der Waals surface area (Å²) in [6, 6.07) is 72.5. The molecule has 2 nitrogen and oxygen atoms in total. The average molecular weight is 823 g/mol. The zero-order valence-electron chi connectivity index (χ0n) is 36.9. The summed E-state index contributed by atoms with van der Waals surface area (Å²) in [5.74, 6) is 0.473. The molecule has 0 spiro atoms. The molecule has 0 amide bonds. The molecule has 64 heavy (non-hydrogen) atoms. The zero-order valence-corrected chi connectivity index (χ0v) is 36.9. The minimum Gasteiger partial charge on any atom is -0.310 e. The van der Waals surface area contributed by atoms with Gasteiger partial charge in [0, 0.05) is 44.3 Å². The van der Waals surface area contributed by atoms with Gasteiger partial charge in [-0.2, -0.15) is 0 Å². The highest BCUT2D eigenvalue weighted by Gasteiger charge is 2.27. The third-order valence-electron chi connectivity index (χ3n) is 13.1. The van der Waals surface area contributed by atoms with Crippen LogP contribution in [0.15, 0.2) is 218 Å². The van der Waals surface area contributed by atoms with Crippen molar-refractivity contribution in [1.82, 2.24) is 0 Å². The lowest BCUT2D eigenvalue weighted by atomic mass is 9.90. The van der Waals surface area contributed by atoms with Gasteiger partial charge in [-0.3, -0.25) is 0 Å². The predicted molar refractivity (Wildman–Crippen MR) is 276 cm³/mol. The van der Waals surface area contributed by atoms with Crippen LogP contribution in [-0.2, 0) is 0 Å². The number of allylic oxidation sites excluding steroid dienone is 3. The Labute approximate surface area is 376 Å². The Morgan fingerprint density at radius 3 is 1.20 bits per heavy atom. The SMILES string of the molecule is Cc1ccc(N(C2=CCC(C)C=C2)c2c3cc(-c4ccc5ccccc5c4)ccc3c(N(c3ccc(C)cc3)c3ccc(C)cc3)c3cc(-c4ccc5ccccc5c4)ccc23)cc1. The van der Waals surface area contributed by atoms with Gasteiger partial charge in [0.25, 0.3) is 0 Å². The molecule has 1 aliphatic carbocycles. The third kappa shape index (κ3) is 7.21. The molecular formula is C62H50N2. The number of nitrogens with zero attached hydrogens (tertiary/aromatic N) is 2. The Morgan fingerprint density at radius 1 is 0.375 bits per heavy atom. The van der Waals surface area contributed by atoms with Gasteiger partial charge in [0.05, 0.1) is 11.4 Å². The Morgan fingerprint density at radius 2 is 0.766 bits per heavy atom. The summed E-state index contributed by atoms with van der Waals surface area (Å²) in [4.78, 5) is 5.02. The van der Waals surface area contributed by atoms with Gasteiger partial charge in [0.15, 0.2) is 0 Å². The minimum atomic E-state index is 0.473. The Bertz CT molecular complexity index is 3400. The van der Waals surface area contributed by atoms with E-state index in [2.05, 4.69) is 250 Å². The number of hydrogen-bond acceptors (Lipinski definition) is 2. The van der Waals surface area contributed by atoms with Crippen molar-refractivity contribution in [3.8, 4) is 22.3 Å². The van der Waals surface area contributed by atoms with Crippen LogP contribution in [0.25, 0.3) is 65.3 Å². The lowest BCUT2D eigenvalue weighted by Crippen LogP contribution is -2.19. The van der Waals surface area contributed by atoms with E-state index < -0.39 is 0 Å². The molecule has 308 valence electrons. The largest absolute Gasteiger partial charge is 0.310 e. The summed E-state index contributed by atoms with van der Waals surface area (Å²) in [6.45, 7) is 8.80. The lowest BCUT2D eigenvalue weighted by molar-refractivity contribution is 0.728. The second-order valence-corrected chi connectivity index (χ2v) is 17.7. The topological polar surface area (TPSA) is 6.48 Å². The Kier molecular flexibility index (Phi) is 9.93. The third-order valence-corrected chi connectivity index (χ3v) is 13.1. The maximum absolute atomic E-state index is 2.53. The maximum atomic E-state index is 2.53. The molecule has 0 saturated heterocycles. The average Bonchev–Trinajstić information content (AvgIpc) is 3.33. The highest BCUT2D eigenvalue weighted by atomic mass is 15.2. The fourth-order valence-corrected chi connectivity index (χ4v) is 9.54. The number of anilines is 5. The predicted octanol–water partition coefficient (Wildman–Crippen LogP) is 17.6. The summed E-state index contributed by atoms with van der Waals surface area (Å²) in [6.07, 6.45) is 8.11. The maximum Gasteiger partial charge on any atom is 0.0620 e. The lowest BCUT2D eigenvalue weighted by Gasteiger charge is -2.34. The highest BCUT2D eigenvalue weighted by Crippen LogP contribution is 2.52. The first kappa shape index (κ1) is 39.2. The number of aryl methyl sites for hydroxylation is 3. The van der Waals surface area contributed by atoms with Crippen molar-refractivity contribution in [2.75, 3.05) is 9.80 Å². The van der Waals surface area contributed by atoms with Crippen LogP contribution < -0.4 is 9.80 Å². The number of benzene rings is 10. The van der Waals surface area contributed by atoms with Gasteiger partial charge in [-0.15, -0.1) is 0 Å². The van der Waals surface area contributed by atoms with Crippen molar-refractivity contribution in [2.45, 2.75) is 34.1 Å². The molecule has 0 N–H and O–H groups in total. The fraction of sp³-hybridized carbons (Fsp3) is 0.0968. The molecular weight excluding hydrogens is 773 g/mol. The van der Waals surface area contributed by atoms with E-state index >= 15 is 0 Å². The molecule has 0 fully saturated rings. The van der Waals surface area contributed by atoms with Gasteiger partial charge in [0.2, 0.25) is 0 Å². The van der Waals surface area contributed by atoms with E-state index in [9.17, 15) is 0 Å². The van der Waals surface area contributed by atoms with Crippen LogP contribution in [0.2, 0.25) is 0 Å². The number of hydrogen-bond donors (Lipinski definition) is 0. The Hall–Kier alpha value is -7.68. The summed E-state index contributed by atoms with van der Waals surface area (Å²) in [7, 11) is 0. The first-order chi connectivity index (χ1) is 31.3. The van der Waals surface area contributed by atoms with Crippen LogP contribution in [0.1, 0.15) is 30.0 Å². The van der Waals surface area contributed by atoms with E-state index in [1.54, 1.807) is 0 Å². The summed E-state index contributed by atoms with van der Waals surface area (Å²) < 4.78 is 0. The van der Waals surface area contributed by atoms with Crippen LogP contribution in [-0.4, -0.2) is 0 Å². The minimum absolute atomic E-state index is 0.473. The van der Waals surface area contributed by atoms with Crippen LogP contribution in [0.4, 0.5) is 28.4 Å². The molecule has 1 aliphatic rings. The second kappa shape index (κ2) is 16.2. The van der Waals surface area contributed by atoms with Crippen molar-refractivity contribution >= 4 is 71.5 Å². The summed E-state index contributed by atoms with van der Waals surface area (Å²) >= 11 is 0. The molecule has 0 radical (unpaired) electrons. The van der Waals surface area contributed by atoms with Crippen molar-refractivity contribution in [1.29, 1.82) is 0 Å². The highest BCUT2D eigenvalue weighted by molar-refractivity contribution is 6.24. The van der Waals surface area contributed by atoms with Crippen molar-refractivity contribution in [3.05, 3.63) is 235 Å². The molecule has 0 aliphatic heterocycles. The van der Waals surface area contributed by atoms with Crippen molar-refractivity contribution < 1.29 is 0 Å². The van der Waals surface area contributed by atoms with Crippen molar-refractivity contribution in [3.63, 3.8) is 0 Å². The van der Waals surface area contributed by atoms with Crippen LogP contribution in [0.3, 0.4) is 0 Å². The van der Waals surface area contributed by atoms with E-state index in [-0.39, 0.29) is 0 Å². The monoisotopic (exact) mass is 822 g/mol. The zero-order chi connectivity index (χ0) is 43.3. The molecule has 10 aromatic rings. The fourth-order valence-electron chi connectivity index (χ4n) is 9.54. The summed E-state index contributed by atoms with van der Waals surface area (Å²) in [5, 5.41) is 9.67. The molecule has 1 atom stereocenters. The first-order valence-electron chi connectivity index (χ1n) is 22.6. The first-order valence-corrected chi connectivity index (χ1v) is 22.6. The van der Waals surface area contributed by atoms with E-state index in [1.807, 2.05) is 0 Å². The van der Waals surface area contributed by atoms with Gasteiger partial charge in [0.1, 0.15) is 0 Å². The van der Waals surface area contributed by atoms with Gasteiger partial charge < -0.3 is 9.80 Å². The molecule has 0 saturated carbocycles.